The molecule has 1 N–H and O–H groups in total. The van der Waals surface area contributed by atoms with Crippen LogP contribution in [0.4, 0.5) is 0 Å². The SMILES string of the molecule is Cc1cccc(Oc2ccc3c(c2)B(O)OC3)c1. The van der Waals surface area contributed by atoms with Crippen LogP contribution in [0.25, 0.3) is 0 Å². The van der Waals surface area contributed by atoms with Crippen molar-refractivity contribution in [3.8, 4) is 11.5 Å². The highest BCUT2D eigenvalue weighted by Crippen LogP contribution is 2.23. The Hall–Kier alpha value is -1.78. The third-order valence-electron chi connectivity index (χ3n) is 3.01. The normalized spacial score (nSPS) is 13.6. The Labute approximate surface area is 106 Å². The van der Waals surface area contributed by atoms with Gasteiger partial charge in [0.15, 0.2) is 0 Å². The summed E-state index contributed by atoms with van der Waals surface area (Å²) in [7, 11) is -0.832. The topological polar surface area (TPSA) is 38.7 Å². The summed E-state index contributed by atoms with van der Waals surface area (Å²) in [6.45, 7) is 2.48. The molecule has 0 spiro atoms. The summed E-state index contributed by atoms with van der Waals surface area (Å²) in [4.78, 5) is 0. The van der Waals surface area contributed by atoms with Crippen molar-refractivity contribution in [3.63, 3.8) is 0 Å². The predicted octanol–water partition coefficient (Wildman–Crippen LogP) is 2.01. The van der Waals surface area contributed by atoms with E-state index in [9.17, 15) is 5.02 Å². The first-order valence-electron chi connectivity index (χ1n) is 5.89. The molecule has 0 saturated heterocycles. The Morgan fingerprint density at radius 2 is 2.00 bits per heavy atom. The van der Waals surface area contributed by atoms with Gasteiger partial charge >= 0.3 is 7.12 Å². The van der Waals surface area contributed by atoms with Crippen molar-refractivity contribution in [1.29, 1.82) is 0 Å². The Bertz CT molecular complexity index is 583. The van der Waals surface area contributed by atoms with E-state index in [1.165, 1.54) is 0 Å². The van der Waals surface area contributed by atoms with E-state index in [-0.39, 0.29) is 0 Å². The lowest BCUT2D eigenvalue weighted by molar-refractivity contribution is 0.275. The third-order valence-corrected chi connectivity index (χ3v) is 3.01. The van der Waals surface area contributed by atoms with Gasteiger partial charge in [-0.2, -0.15) is 0 Å². The number of benzene rings is 2. The Morgan fingerprint density at radius 1 is 1.17 bits per heavy atom. The fourth-order valence-electron chi connectivity index (χ4n) is 2.07. The average Bonchev–Trinajstić information content (AvgIpc) is 2.71. The quantitative estimate of drug-likeness (QED) is 0.816. The number of hydrogen-bond donors (Lipinski definition) is 1. The molecule has 18 heavy (non-hydrogen) atoms. The first kappa shape index (κ1) is 11.3. The van der Waals surface area contributed by atoms with Crippen LogP contribution in [0, 0.1) is 6.92 Å². The van der Waals surface area contributed by atoms with Crippen molar-refractivity contribution in [3.05, 3.63) is 53.6 Å². The van der Waals surface area contributed by atoms with Gasteiger partial charge in [-0.3, -0.25) is 0 Å². The lowest BCUT2D eigenvalue weighted by atomic mass is 9.79. The first-order chi connectivity index (χ1) is 8.72. The molecule has 0 aromatic heterocycles. The molecule has 0 amide bonds. The molecule has 0 unspecified atom stereocenters. The van der Waals surface area contributed by atoms with Gasteiger partial charge < -0.3 is 14.4 Å². The van der Waals surface area contributed by atoms with Crippen LogP contribution in [0.1, 0.15) is 11.1 Å². The average molecular weight is 240 g/mol. The largest absolute Gasteiger partial charge is 0.491 e. The summed E-state index contributed by atoms with van der Waals surface area (Å²) < 4.78 is 10.9. The van der Waals surface area contributed by atoms with E-state index in [0.717, 1.165) is 22.3 Å². The van der Waals surface area contributed by atoms with E-state index in [2.05, 4.69) is 0 Å². The minimum atomic E-state index is -0.832. The molecular weight excluding hydrogens is 227 g/mol. The first-order valence-corrected chi connectivity index (χ1v) is 5.89. The number of rotatable bonds is 2. The minimum absolute atomic E-state index is 0.460. The van der Waals surface area contributed by atoms with E-state index in [1.807, 2.05) is 49.4 Å². The number of hydrogen-bond acceptors (Lipinski definition) is 3. The van der Waals surface area contributed by atoms with Crippen molar-refractivity contribution in [1.82, 2.24) is 0 Å². The molecule has 90 valence electrons. The monoisotopic (exact) mass is 240 g/mol. The highest BCUT2D eigenvalue weighted by molar-refractivity contribution is 6.61. The van der Waals surface area contributed by atoms with Crippen molar-refractivity contribution in [2.24, 2.45) is 0 Å². The zero-order chi connectivity index (χ0) is 12.5. The smallest absolute Gasteiger partial charge is 0.457 e. The Morgan fingerprint density at radius 3 is 2.83 bits per heavy atom. The van der Waals surface area contributed by atoms with Crippen molar-refractivity contribution in [2.45, 2.75) is 13.5 Å². The Balaban J connectivity index is 1.88. The van der Waals surface area contributed by atoms with Gasteiger partial charge in [0.1, 0.15) is 11.5 Å². The molecule has 0 saturated carbocycles. The molecule has 0 radical (unpaired) electrons. The molecular formula is C14H13BO3. The molecule has 0 fully saturated rings. The van der Waals surface area contributed by atoms with Crippen LogP contribution in [-0.2, 0) is 11.3 Å². The molecule has 0 atom stereocenters. The van der Waals surface area contributed by atoms with Crippen molar-refractivity contribution < 1.29 is 14.4 Å². The maximum Gasteiger partial charge on any atom is 0.491 e. The van der Waals surface area contributed by atoms with Gasteiger partial charge in [0, 0.05) is 0 Å². The fourth-order valence-corrected chi connectivity index (χ4v) is 2.07. The minimum Gasteiger partial charge on any atom is -0.457 e. The fraction of sp³-hybridized carbons (Fsp3) is 0.143. The molecule has 0 bridgehead atoms. The molecule has 2 aromatic rings. The number of aryl methyl sites for hydroxylation is 1. The van der Waals surface area contributed by atoms with Gasteiger partial charge in [-0.05, 0) is 47.8 Å². The summed E-state index contributed by atoms with van der Waals surface area (Å²) in [6.07, 6.45) is 0. The molecule has 1 aliphatic heterocycles. The third kappa shape index (κ3) is 2.12. The summed E-state index contributed by atoms with van der Waals surface area (Å²) in [5, 5.41) is 9.64. The lowest BCUT2D eigenvalue weighted by Gasteiger charge is -2.08. The zero-order valence-electron chi connectivity index (χ0n) is 10.1. The molecule has 1 heterocycles. The highest BCUT2D eigenvalue weighted by atomic mass is 16.5. The van der Waals surface area contributed by atoms with Gasteiger partial charge in [-0.15, -0.1) is 0 Å². The van der Waals surface area contributed by atoms with Crippen LogP contribution in [0.2, 0.25) is 0 Å². The maximum absolute atomic E-state index is 9.64. The van der Waals surface area contributed by atoms with E-state index in [4.69, 9.17) is 9.39 Å². The summed E-state index contributed by atoms with van der Waals surface area (Å²) in [5.74, 6) is 1.51. The van der Waals surface area contributed by atoms with Gasteiger partial charge in [-0.1, -0.05) is 18.2 Å². The summed E-state index contributed by atoms with van der Waals surface area (Å²) in [6, 6.07) is 13.5. The van der Waals surface area contributed by atoms with E-state index in [1.54, 1.807) is 0 Å². The van der Waals surface area contributed by atoms with Crippen LogP contribution in [0.3, 0.4) is 0 Å². The zero-order valence-corrected chi connectivity index (χ0v) is 10.1. The number of fused-ring (bicyclic) bond motifs is 1. The second-order valence-corrected chi connectivity index (χ2v) is 4.44. The second-order valence-electron chi connectivity index (χ2n) is 4.44. The molecule has 3 rings (SSSR count). The highest BCUT2D eigenvalue weighted by Gasteiger charge is 2.27. The van der Waals surface area contributed by atoms with E-state index < -0.39 is 7.12 Å². The molecule has 1 aliphatic rings. The van der Waals surface area contributed by atoms with Crippen LogP contribution < -0.4 is 10.2 Å². The van der Waals surface area contributed by atoms with Crippen LogP contribution in [0.5, 0.6) is 11.5 Å². The van der Waals surface area contributed by atoms with Gasteiger partial charge in [0.25, 0.3) is 0 Å². The van der Waals surface area contributed by atoms with Crippen LogP contribution in [0.15, 0.2) is 42.5 Å². The Kier molecular flexibility index (Phi) is 2.82. The van der Waals surface area contributed by atoms with Crippen molar-refractivity contribution >= 4 is 12.6 Å². The molecule has 0 aliphatic carbocycles. The van der Waals surface area contributed by atoms with E-state index >= 15 is 0 Å². The van der Waals surface area contributed by atoms with Crippen LogP contribution in [-0.4, -0.2) is 12.1 Å². The molecule has 2 aromatic carbocycles. The second kappa shape index (κ2) is 4.48. The van der Waals surface area contributed by atoms with Gasteiger partial charge in [0.2, 0.25) is 0 Å². The maximum atomic E-state index is 9.64. The van der Waals surface area contributed by atoms with Gasteiger partial charge in [-0.25, -0.2) is 0 Å². The van der Waals surface area contributed by atoms with Gasteiger partial charge in [0.05, 0.1) is 6.61 Å². The predicted molar refractivity (Wildman–Crippen MR) is 70.1 cm³/mol. The summed E-state index contributed by atoms with van der Waals surface area (Å²) >= 11 is 0. The molecule has 3 nitrogen and oxygen atoms in total. The number of ether oxygens (including phenoxy) is 1. The van der Waals surface area contributed by atoms with E-state index in [0.29, 0.717) is 12.4 Å². The van der Waals surface area contributed by atoms with Crippen molar-refractivity contribution in [2.75, 3.05) is 0 Å². The standard InChI is InChI=1S/C14H13BO3/c1-10-3-2-4-12(7-10)18-13-6-5-11-9-17-15(16)14(11)8-13/h2-8,16H,9H2,1H3. The molecule has 4 heteroatoms. The lowest BCUT2D eigenvalue weighted by Crippen LogP contribution is -2.27. The van der Waals surface area contributed by atoms with Crippen LogP contribution >= 0.6 is 0 Å². The summed E-state index contributed by atoms with van der Waals surface area (Å²) in [5.41, 5.74) is 2.95.